The van der Waals surface area contributed by atoms with Gasteiger partial charge in [0.1, 0.15) is 5.75 Å². The Bertz CT molecular complexity index is 1080. The van der Waals surface area contributed by atoms with Gasteiger partial charge in [0.25, 0.3) is 5.91 Å². The van der Waals surface area contributed by atoms with Crippen molar-refractivity contribution in [3.63, 3.8) is 0 Å². The molecule has 0 bridgehead atoms. The minimum absolute atomic E-state index is 0.00250. The van der Waals surface area contributed by atoms with Gasteiger partial charge < -0.3 is 20.5 Å². The highest BCUT2D eigenvalue weighted by Crippen LogP contribution is 2.28. The van der Waals surface area contributed by atoms with E-state index in [0.29, 0.717) is 48.3 Å². The molecule has 1 amide bonds. The number of nitrogens with zero attached hydrogens (tertiary/aromatic N) is 3. The molecule has 0 unspecified atom stereocenters. The van der Waals surface area contributed by atoms with Gasteiger partial charge in [-0.05, 0) is 60.9 Å². The highest BCUT2D eigenvalue weighted by Gasteiger charge is 2.24. The number of carbonyl (C=O) groups is 1. The summed E-state index contributed by atoms with van der Waals surface area (Å²) in [6.45, 7) is 3.22. The fraction of sp³-hybridized carbons (Fsp3) is 0.292. The molecular formula is C24H28ClN5O3. The molecule has 2 aromatic carbocycles. The number of benzene rings is 2. The van der Waals surface area contributed by atoms with Crippen molar-refractivity contribution in [2.45, 2.75) is 19.9 Å². The molecule has 0 fully saturated rings. The number of aromatic nitrogens is 2. The summed E-state index contributed by atoms with van der Waals surface area (Å²) in [5, 5.41) is 15.7. The van der Waals surface area contributed by atoms with Gasteiger partial charge >= 0.3 is 6.01 Å². The lowest BCUT2D eigenvalue weighted by Crippen LogP contribution is -2.28. The van der Waals surface area contributed by atoms with Gasteiger partial charge in [0.2, 0.25) is 0 Å². The van der Waals surface area contributed by atoms with Crippen molar-refractivity contribution in [2.75, 3.05) is 32.1 Å². The summed E-state index contributed by atoms with van der Waals surface area (Å²) in [4.78, 5) is 21.7. The molecule has 0 aliphatic heterocycles. The average Bonchev–Trinajstić information content (AvgIpc) is 3.13. The van der Waals surface area contributed by atoms with E-state index in [1.165, 1.54) is 0 Å². The SMILES string of the molecule is CCNc1nc(Oc2ccc(/C=N\C)cc2)n(Cc2ccc(Cl)cc2)c1C(=O)NCCCO. The lowest BCUT2D eigenvalue weighted by Gasteiger charge is -2.13. The van der Waals surface area contributed by atoms with Gasteiger partial charge in [-0.2, -0.15) is 4.98 Å². The molecule has 0 aliphatic rings. The van der Waals surface area contributed by atoms with Crippen molar-refractivity contribution in [3.8, 4) is 11.8 Å². The zero-order valence-corrected chi connectivity index (χ0v) is 19.5. The number of aliphatic imine (C=N–C) groups is 1. The molecule has 174 valence electrons. The maximum atomic E-state index is 13.1. The third kappa shape index (κ3) is 6.57. The molecular weight excluding hydrogens is 442 g/mol. The Balaban J connectivity index is 2.00. The van der Waals surface area contributed by atoms with Crippen LogP contribution < -0.4 is 15.4 Å². The third-order valence-corrected chi connectivity index (χ3v) is 4.99. The predicted molar refractivity (Wildman–Crippen MR) is 131 cm³/mol. The Hall–Kier alpha value is -3.36. The first-order valence-electron chi connectivity index (χ1n) is 10.7. The highest BCUT2D eigenvalue weighted by molar-refractivity contribution is 6.30. The van der Waals surface area contributed by atoms with Crippen molar-refractivity contribution in [1.29, 1.82) is 0 Å². The van der Waals surface area contributed by atoms with E-state index in [1.54, 1.807) is 30.0 Å². The summed E-state index contributed by atoms with van der Waals surface area (Å²) in [7, 11) is 1.72. The Kier molecular flexibility index (Phi) is 8.86. The van der Waals surface area contributed by atoms with Crippen LogP contribution in [0.3, 0.4) is 0 Å². The summed E-state index contributed by atoms with van der Waals surface area (Å²) in [6.07, 6.45) is 2.22. The fourth-order valence-electron chi connectivity index (χ4n) is 3.19. The quantitative estimate of drug-likeness (QED) is 0.291. The van der Waals surface area contributed by atoms with Crippen LogP contribution in [-0.4, -0.2) is 53.5 Å². The van der Waals surface area contributed by atoms with Crippen molar-refractivity contribution in [1.82, 2.24) is 14.9 Å². The predicted octanol–water partition coefficient (Wildman–Crippen LogP) is 3.97. The van der Waals surface area contributed by atoms with E-state index in [9.17, 15) is 4.79 Å². The summed E-state index contributed by atoms with van der Waals surface area (Å²) >= 11 is 6.04. The molecule has 1 heterocycles. The zero-order valence-electron chi connectivity index (χ0n) is 18.7. The van der Waals surface area contributed by atoms with Crippen molar-refractivity contribution < 1.29 is 14.6 Å². The third-order valence-electron chi connectivity index (χ3n) is 4.73. The summed E-state index contributed by atoms with van der Waals surface area (Å²) in [5.74, 6) is 0.712. The standard InChI is InChI=1S/C24H28ClN5O3/c1-3-27-22-21(23(32)28-13-4-14-31)30(16-18-5-9-19(25)10-6-18)24(29-22)33-20-11-7-17(8-12-20)15-26-2/h5-12,15,27,31H,3-4,13-14,16H2,1-2H3,(H,28,32)/b26-15-. The summed E-state index contributed by atoms with van der Waals surface area (Å²) < 4.78 is 7.84. The van der Waals surface area contributed by atoms with Gasteiger partial charge in [-0.1, -0.05) is 23.7 Å². The van der Waals surface area contributed by atoms with E-state index < -0.39 is 0 Å². The van der Waals surface area contributed by atoms with E-state index in [2.05, 4.69) is 20.6 Å². The van der Waals surface area contributed by atoms with Gasteiger partial charge in [-0.15, -0.1) is 0 Å². The number of hydrogen-bond donors (Lipinski definition) is 3. The highest BCUT2D eigenvalue weighted by atomic mass is 35.5. The number of ether oxygens (including phenoxy) is 1. The number of carbonyl (C=O) groups excluding carboxylic acids is 1. The van der Waals surface area contributed by atoms with Crippen LogP contribution in [0.25, 0.3) is 0 Å². The van der Waals surface area contributed by atoms with E-state index in [-0.39, 0.29) is 18.5 Å². The normalized spacial score (nSPS) is 11.0. The number of nitrogens with one attached hydrogen (secondary N) is 2. The maximum Gasteiger partial charge on any atom is 0.304 e. The Labute approximate surface area is 198 Å². The smallest absolute Gasteiger partial charge is 0.304 e. The maximum absolute atomic E-state index is 13.1. The van der Waals surface area contributed by atoms with E-state index in [0.717, 1.165) is 11.1 Å². The van der Waals surface area contributed by atoms with Crippen LogP contribution in [0.1, 0.15) is 35.0 Å². The second-order valence-corrected chi connectivity index (χ2v) is 7.66. The Morgan fingerprint density at radius 3 is 2.58 bits per heavy atom. The Morgan fingerprint density at radius 1 is 1.21 bits per heavy atom. The lowest BCUT2D eigenvalue weighted by molar-refractivity contribution is 0.0942. The van der Waals surface area contributed by atoms with Crippen LogP contribution in [0.15, 0.2) is 53.5 Å². The zero-order chi connectivity index (χ0) is 23.6. The molecule has 8 nitrogen and oxygen atoms in total. The molecule has 0 saturated heterocycles. The lowest BCUT2D eigenvalue weighted by atomic mass is 10.2. The largest absolute Gasteiger partial charge is 0.425 e. The summed E-state index contributed by atoms with van der Waals surface area (Å²) in [5.41, 5.74) is 2.24. The second kappa shape index (κ2) is 12.0. The minimum Gasteiger partial charge on any atom is -0.425 e. The minimum atomic E-state index is -0.301. The van der Waals surface area contributed by atoms with Crippen LogP contribution in [-0.2, 0) is 6.54 Å². The first-order chi connectivity index (χ1) is 16.0. The van der Waals surface area contributed by atoms with Crippen LogP contribution in [0.2, 0.25) is 5.02 Å². The number of aliphatic hydroxyl groups is 1. The van der Waals surface area contributed by atoms with E-state index in [4.69, 9.17) is 21.4 Å². The molecule has 3 N–H and O–H groups in total. The number of hydrogen-bond acceptors (Lipinski definition) is 6. The average molecular weight is 470 g/mol. The monoisotopic (exact) mass is 469 g/mol. The van der Waals surface area contributed by atoms with Crippen LogP contribution in [0, 0.1) is 0 Å². The van der Waals surface area contributed by atoms with Gasteiger partial charge in [-0.3, -0.25) is 14.4 Å². The number of halogens is 1. The topological polar surface area (TPSA) is 101 Å². The fourth-order valence-corrected chi connectivity index (χ4v) is 3.32. The molecule has 0 spiro atoms. The number of rotatable bonds is 11. The van der Waals surface area contributed by atoms with Crippen molar-refractivity contribution >= 4 is 29.5 Å². The number of imidazole rings is 1. The molecule has 0 aliphatic carbocycles. The van der Waals surface area contributed by atoms with Crippen molar-refractivity contribution in [2.24, 2.45) is 4.99 Å². The number of amides is 1. The van der Waals surface area contributed by atoms with Crippen LogP contribution in [0.4, 0.5) is 5.82 Å². The first-order valence-corrected chi connectivity index (χ1v) is 11.1. The molecule has 9 heteroatoms. The molecule has 0 radical (unpaired) electrons. The van der Waals surface area contributed by atoms with Gasteiger partial charge in [0.05, 0.1) is 6.54 Å². The molecule has 33 heavy (non-hydrogen) atoms. The van der Waals surface area contributed by atoms with Gasteiger partial charge in [0.15, 0.2) is 11.5 Å². The molecule has 3 aromatic rings. The molecule has 0 saturated carbocycles. The van der Waals surface area contributed by atoms with Gasteiger partial charge in [0, 0.05) is 38.0 Å². The van der Waals surface area contributed by atoms with E-state index >= 15 is 0 Å². The second-order valence-electron chi connectivity index (χ2n) is 7.23. The number of aliphatic hydroxyl groups excluding tert-OH is 1. The molecule has 1 aromatic heterocycles. The Morgan fingerprint density at radius 2 is 1.94 bits per heavy atom. The van der Waals surface area contributed by atoms with Crippen LogP contribution in [0.5, 0.6) is 11.8 Å². The number of anilines is 1. The molecule has 3 rings (SSSR count). The molecule has 0 atom stereocenters. The van der Waals surface area contributed by atoms with Gasteiger partial charge in [-0.25, -0.2) is 0 Å². The van der Waals surface area contributed by atoms with E-state index in [1.807, 2.05) is 43.3 Å². The summed E-state index contributed by atoms with van der Waals surface area (Å²) in [6, 6.07) is 15.1. The van der Waals surface area contributed by atoms with Crippen molar-refractivity contribution in [3.05, 3.63) is 70.4 Å². The van der Waals surface area contributed by atoms with Crippen LogP contribution >= 0.6 is 11.6 Å². The first kappa shape index (κ1) is 24.3.